The molecule has 0 amide bonds. The summed E-state index contributed by atoms with van der Waals surface area (Å²) in [6, 6.07) is 24.8. The number of anilines is 1. The first-order chi connectivity index (χ1) is 64.5. The zero-order chi connectivity index (χ0) is 101. The predicted molar refractivity (Wildman–Crippen MR) is 520 cm³/mol. The molecule has 11 rings (SSSR count). The number of thiazole rings is 1. The molecule has 11 heterocycles. The molecule has 3 aliphatic rings. The molecule has 0 spiro atoms. The van der Waals surface area contributed by atoms with Crippen LogP contribution in [0.2, 0.25) is 40.5 Å². The van der Waals surface area contributed by atoms with Crippen LogP contribution in [0.5, 0.6) is 0 Å². The molecule has 3 aliphatic heterocycles. The lowest BCUT2D eigenvalue weighted by molar-refractivity contribution is -0.486. The van der Waals surface area contributed by atoms with Gasteiger partial charge in [0.2, 0.25) is 18.3 Å². The molecule has 0 aliphatic carbocycles. The number of nitrogens with zero attached hydrogens (tertiary/aromatic N) is 32. The largest absolute Gasteiger partial charge is 0.370 e. The van der Waals surface area contributed by atoms with Gasteiger partial charge in [0.15, 0.2) is 37.0 Å². The Morgan fingerprint density at radius 2 is 0.934 bits per heavy atom. The molecule has 49 nitrogen and oxygen atoms in total. The number of nitrogens with one attached hydrogen (secondary N) is 5. The quantitative estimate of drug-likeness (QED) is 0.00937. The molecule has 8 aromatic heterocycles. The van der Waals surface area contributed by atoms with Crippen LogP contribution in [0.3, 0.4) is 0 Å². The summed E-state index contributed by atoms with van der Waals surface area (Å²) < 4.78 is 0.434. The smallest absolute Gasteiger partial charge is 0.276 e. The van der Waals surface area contributed by atoms with Gasteiger partial charge in [0.05, 0.1) is 46.5 Å². The van der Waals surface area contributed by atoms with E-state index in [0.717, 1.165) is 69.1 Å². The van der Waals surface area contributed by atoms with Gasteiger partial charge in [0.25, 0.3) is 36.5 Å². The van der Waals surface area contributed by atoms with Crippen molar-refractivity contribution in [2.75, 3.05) is 128 Å². The second-order valence-electron chi connectivity index (χ2n) is 28.2. The van der Waals surface area contributed by atoms with E-state index in [4.69, 9.17) is 103 Å². The maximum Gasteiger partial charge on any atom is 0.276 e. The van der Waals surface area contributed by atoms with Crippen LogP contribution < -0.4 is 31.5 Å². The van der Waals surface area contributed by atoms with Gasteiger partial charge < -0.3 is 75.6 Å². The number of amidine groups is 1. The second kappa shape index (κ2) is 60.9. The summed E-state index contributed by atoms with van der Waals surface area (Å²) in [4.78, 5) is 121. The molecule has 3 fully saturated rings. The molecular formula is C78H97Cl8N37O12S. The van der Waals surface area contributed by atoms with Crippen molar-refractivity contribution in [2.45, 2.75) is 59.7 Å². The van der Waals surface area contributed by atoms with Crippen molar-refractivity contribution in [3.05, 3.63) is 310 Å². The number of guanidine groups is 4. The highest BCUT2D eigenvalue weighted by molar-refractivity contribution is 7.15. The van der Waals surface area contributed by atoms with Crippen LogP contribution >= 0.6 is 104 Å². The summed E-state index contributed by atoms with van der Waals surface area (Å²) in [5.74, 6) is 3.41. The number of rotatable bonds is 24. The Morgan fingerprint density at radius 1 is 0.507 bits per heavy atom. The average Bonchev–Trinajstić information content (AvgIpc) is 1.07. The van der Waals surface area contributed by atoms with Crippen LogP contribution in [0, 0.1) is 83.6 Å². The molecule has 0 bridgehead atoms. The van der Waals surface area contributed by atoms with Crippen LogP contribution in [-0.4, -0.2) is 272 Å². The van der Waals surface area contributed by atoms with Gasteiger partial charge in [-0.25, -0.2) is 70.2 Å². The molecule has 0 radical (unpaired) electrons. The zero-order valence-electron chi connectivity index (χ0n) is 75.5. The van der Waals surface area contributed by atoms with Crippen molar-refractivity contribution < 1.29 is 29.9 Å². The fourth-order valence-electron chi connectivity index (χ4n) is 11.5. The Hall–Kier alpha value is -14.1. The number of nitriles is 2. The number of aliphatic imine (C=N–C) groups is 2. The van der Waals surface area contributed by atoms with E-state index >= 15 is 0 Å². The van der Waals surface area contributed by atoms with Gasteiger partial charge in [0.1, 0.15) is 57.2 Å². The lowest BCUT2D eigenvalue weighted by Crippen LogP contribution is -2.56. The van der Waals surface area contributed by atoms with Crippen LogP contribution in [0.15, 0.2) is 196 Å². The number of hydrogen-bond acceptors (Lipinski definition) is 32. The number of halogens is 8. The number of pyridine rings is 7. The Labute approximate surface area is 825 Å². The lowest BCUT2D eigenvalue weighted by Gasteiger charge is -2.40. The van der Waals surface area contributed by atoms with E-state index < -0.39 is 29.9 Å². The van der Waals surface area contributed by atoms with E-state index in [1.807, 2.05) is 108 Å². The molecule has 0 atom stereocenters. The van der Waals surface area contributed by atoms with E-state index in [9.17, 15) is 60.7 Å². The van der Waals surface area contributed by atoms with Gasteiger partial charge in [-0.3, -0.25) is 35.2 Å². The second-order valence-corrected chi connectivity index (χ2v) is 32.6. The van der Waals surface area contributed by atoms with E-state index in [-0.39, 0.29) is 11.9 Å². The topological polar surface area (TPSA) is 567 Å². The minimum Gasteiger partial charge on any atom is -0.370 e. The molecule has 0 unspecified atom stereocenters. The first-order valence-electron chi connectivity index (χ1n) is 39.5. The molecule has 3 saturated heterocycles. The third-order valence-corrected chi connectivity index (χ3v) is 20.0. The van der Waals surface area contributed by atoms with E-state index in [1.165, 1.54) is 18.4 Å². The molecule has 136 heavy (non-hydrogen) atoms. The summed E-state index contributed by atoms with van der Waals surface area (Å²) in [6.45, 7) is 12.0. The highest BCUT2D eigenvalue weighted by atomic mass is 35.5. The number of aromatic nitrogens is 8. The summed E-state index contributed by atoms with van der Waals surface area (Å²) >= 11 is 46.8. The van der Waals surface area contributed by atoms with Crippen LogP contribution in [0.25, 0.3) is 0 Å². The summed E-state index contributed by atoms with van der Waals surface area (Å²) in [5, 5.41) is 104. The highest BCUT2D eigenvalue weighted by Crippen LogP contribution is 2.23. The SMILES string of the molecule is CC(=NC#N)N(C)Cc1ccc(Cl)nc1.CCN(Cc1ccc(Cl)nc1)/C(=C/[N+](=O)[O-])NC.CN(C)/C(=N\[N+](=O)[O-])N(C)Cc1ccc(Cl)nc1.CN(C)C(=NC#N)N(C)Cc1ccc(Cl)nc1.CN/C(=N\[N+](=O)[O-])NCc1cnc(Cl)s1.CN1CN(C)/C(=N\[N+](=O)[O-])N(Cc2ccc(Cl)nc2)C1.O=[N+]([O-])/C=C1\NCCN1Cc1ccc(Cl)nc1.O=[N+]([O-])/C=C1\NCCN1c1ccc(Cl)nc1. The lowest BCUT2D eigenvalue weighted by atomic mass is 10.2. The number of hydrazone groups is 3. The minimum absolute atomic E-state index is 0.0875. The standard InChI is InChI=1S/C11H15ClN6O2.C11H14ClN5.C11H15ClN4O2.C10H14ClN5O2.C10H11ClN4O2.C10H11ClN4.C9H9ClN4O2.C6H8ClN5O2S/c1-15-7-16(2)11(14-18(19)20)17(8-15)6-9-3-4-10(12)13-5-9;1-16(2)11(15-8-13)17(3)7-9-4-5-10(12)14-6-9;1-3-15(11(13-2)8-16(17)18)7-9-4-5-10(12)14-6-9;1-14(2)10(13-16(17)18)15(3)7-8-4-5-9(11)12-6-8;11-9-2-1-8(5-13-9)6-14-4-3-12-10(14)7-15(16)17;1-8(14-7-12)15(2)6-9-3-4-10(11)13-5-9;10-8-2-1-7(5-12-8)13-4-3-11-9(13)6-14(15)16;1-8-6(11-12(13)14)10-3-4-2-9-5(7)15-4/h3-5H,6-8H2,1-2H3;4-6H,7H2,1-3H3;4-6,8,13H,3,7H2,1-2H3;4-6H,7H2,1-3H3;1-2,5,7,12H,3-4,6H2;3-5H,6H2,1-2H3;1-2,5-6,11H,3-4H2;2H,3H2,1H3,(H2,8,10,11)/b14-11+;;11-8+;13-10+;10-7+;;9-6+;. The Morgan fingerprint density at radius 3 is 1.32 bits per heavy atom. The van der Waals surface area contributed by atoms with Crippen molar-refractivity contribution >= 4 is 140 Å². The zero-order valence-corrected chi connectivity index (χ0v) is 82.3. The molecule has 0 aromatic carbocycles. The van der Waals surface area contributed by atoms with Crippen molar-refractivity contribution in [1.29, 1.82) is 10.5 Å². The first kappa shape index (κ1) is 114. The number of nitro groups is 6. The van der Waals surface area contributed by atoms with Crippen molar-refractivity contribution in [3.8, 4) is 12.4 Å². The van der Waals surface area contributed by atoms with E-state index in [2.05, 4.69) is 91.7 Å². The van der Waals surface area contributed by atoms with Gasteiger partial charge >= 0.3 is 0 Å². The van der Waals surface area contributed by atoms with Gasteiger partial charge in [-0.15, -0.1) is 16.3 Å². The maximum absolute atomic E-state index is 10.7. The third kappa shape index (κ3) is 45.1. The van der Waals surface area contributed by atoms with Gasteiger partial charge in [-0.05, 0) is 103 Å². The van der Waals surface area contributed by atoms with Crippen LogP contribution in [0.4, 0.5) is 5.69 Å². The summed E-state index contributed by atoms with van der Waals surface area (Å²) in [7, 11) is 19.4. The predicted octanol–water partition coefficient (Wildman–Crippen LogP) is 10.7. The minimum atomic E-state index is -0.779. The fourth-order valence-corrected chi connectivity index (χ4v) is 13.2. The molecule has 728 valence electrons. The third-order valence-electron chi connectivity index (χ3n) is 17.4. The van der Waals surface area contributed by atoms with Gasteiger partial charge in [0, 0.05) is 191 Å². The molecular weight excluding hydrogens is 1960 g/mol. The molecule has 8 aromatic rings. The van der Waals surface area contributed by atoms with E-state index in [1.54, 1.807) is 177 Å². The van der Waals surface area contributed by atoms with E-state index in [0.29, 0.717) is 161 Å². The summed E-state index contributed by atoms with van der Waals surface area (Å²) in [6.07, 6.45) is 19.6. The van der Waals surface area contributed by atoms with Gasteiger partial charge in [-0.2, -0.15) is 15.5 Å². The fraction of sp³-hybridized carbons (Fsp3) is 0.346. The monoisotopic (exact) mass is 2060 g/mol. The highest BCUT2D eigenvalue weighted by Gasteiger charge is 2.28. The Balaban J connectivity index is 0.000000325. The van der Waals surface area contributed by atoms with Gasteiger partial charge in [-0.1, -0.05) is 129 Å². The van der Waals surface area contributed by atoms with Crippen LogP contribution in [0.1, 0.15) is 52.1 Å². The maximum atomic E-state index is 10.7. The summed E-state index contributed by atoms with van der Waals surface area (Å²) in [5.41, 5.74) is 6.51. The Kier molecular flexibility index (Phi) is 51.2. The van der Waals surface area contributed by atoms with Crippen molar-refractivity contribution in [3.63, 3.8) is 0 Å². The Bertz CT molecular complexity index is 5500. The average molecular weight is 2060 g/mol. The van der Waals surface area contributed by atoms with Crippen LogP contribution in [-0.2, 0) is 45.8 Å². The molecule has 0 saturated carbocycles. The first-order valence-corrected chi connectivity index (χ1v) is 43.3. The molecule has 58 heteroatoms. The molecule has 5 N–H and O–H groups in total. The number of hydrogen-bond donors (Lipinski definition) is 5. The normalized spacial score (nSPS) is 13.7. The van der Waals surface area contributed by atoms with Crippen molar-refractivity contribution in [1.82, 2.24) is 115 Å². The van der Waals surface area contributed by atoms with Crippen molar-refractivity contribution in [2.24, 2.45) is 25.3 Å².